The highest BCUT2D eigenvalue weighted by atomic mass is 35.5. The number of ether oxygens (including phenoxy) is 1. The zero-order valence-electron chi connectivity index (χ0n) is 17.3. The Labute approximate surface area is 189 Å². The molecule has 0 aliphatic heterocycles. The minimum absolute atomic E-state index is 0.220. The van der Waals surface area contributed by atoms with Crippen molar-refractivity contribution < 1.29 is 14.3 Å². The van der Waals surface area contributed by atoms with Crippen LogP contribution in [0.2, 0.25) is 5.02 Å². The molecule has 30 heavy (non-hydrogen) atoms. The number of fused-ring (bicyclic) bond motifs is 2. The molecular weight excluding hydrogens is 438 g/mol. The summed E-state index contributed by atoms with van der Waals surface area (Å²) in [5.41, 5.74) is 2.68. The van der Waals surface area contributed by atoms with Gasteiger partial charge >= 0.3 is 5.97 Å². The van der Waals surface area contributed by atoms with Crippen molar-refractivity contribution in [3.63, 3.8) is 0 Å². The summed E-state index contributed by atoms with van der Waals surface area (Å²) in [7, 11) is 0. The van der Waals surface area contributed by atoms with Crippen molar-refractivity contribution in [3.05, 3.63) is 49.7 Å². The van der Waals surface area contributed by atoms with Crippen molar-refractivity contribution in [2.75, 3.05) is 5.32 Å². The number of halogens is 1. The molecule has 0 radical (unpaired) electrons. The lowest BCUT2D eigenvalue weighted by Gasteiger charge is -2.11. The van der Waals surface area contributed by atoms with Crippen LogP contribution in [0, 0.1) is 6.92 Å². The van der Waals surface area contributed by atoms with Gasteiger partial charge in [-0.3, -0.25) is 4.79 Å². The van der Waals surface area contributed by atoms with Crippen molar-refractivity contribution in [1.29, 1.82) is 0 Å². The molecule has 1 amide bonds. The third kappa shape index (κ3) is 4.13. The van der Waals surface area contributed by atoms with Crippen LogP contribution in [0.25, 0.3) is 10.1 Å². The average Bonchev–Trinajstić information content (AvgIpc) is 3.08. The van der Waals surface area contributed by atoms with E-state index in [0.29, 0.717) is 20.5 Å². The van der Waals surface area contributed by atoms with E-state index in [9.17, 15) is 9.59 Å². The minimum Gasteiger partial charge on any atom is -0.459 e. The summed E-state index contributed by atoms with van der Waals surface area (Å²) in [6.07, 6.45) is 4.84. The number of hydrogen-bond donors (Lipinski definition) is 1. The van der Waals surface area contributed by atoms with Crippen molar-refractivity contribution in [1.82, 2.24) is 0 Å². The lowest BCUT2D eigenvalue weighted by atomic mass is 10.1. The quantitative estimate of drug-likeness (QED) is 0.335. The molecule has 0 atom stereocenters. The van der Waals surface area contributed by atoms with Crippen LogP contribution in [0.15, 0.2) is 18.2 Å². The predicted octanol–water partition coefficient (Wildman–Crippen LogP) is 7.01. The summed E-state index contributed by atoms with van der Waals surface area (Å²) in [5.74, 6) is -0.647. The van der Waals surface area contributed by atoms with Crippen molar-refractivity contribution in [2.24, 2.45) is 0 Å². The second-order valence-electron chi connectivity index (χ2n) is 7.92. The Morgan fingerprint density at radius 2 is 1.90 bits per heavy atom. The Bertz CT molecular complexity index is 1130. The van der Waals surface area contributed by atoms with Gasteiger partial charge in [0.2, 0.25) is 0 Å². The first-order valence-corrected chi connectivity index (χ1v) is 12.2. The van der Waals surface area contributed by atoms with E-state index < -0.39 is 0 Å². The second kappa shape index (κ2) is 8.69. The fourth-order valence-corrected chi connectivity index (χ4v) is 6.58. The minimum atomic E-state index is -0.363. The number of nitrogens with one attached hydrogen (secondary N) is 1. The molecule has 0 unspecified atom stereocenters. The van der Waals surface area contributed by atoms with Crippen LogP contribution < -0.4 is 5.32 Å². The molecule has 2 aromatic heterocycles. The van der Waals surface area contributed by atoms with Gasteiger partial charge in [-0.15, -0.1) is 22.7 Å². The number of rotatable bonds is 4. The van der Waals surface area contributed by atoms with E-state index in [0.717, 1.165) is 53.3 Å². The summed E-state index contributed by atoms with van der Waals surface area (Å²) in [4.78, 5) is 27.7. The number of aryl methyl sites for hydroxylation is 2. The van der Waals surface area contributed by atoms with Crippen LogP contribution in [0.3, 0.4) is 0 Å². The molecule has 1 N–H and O–H groups in total. The van der Waals surface area contributed by atoms with Gasteiger partial charge in [0.25, 0.3) is 5.91 Å². The van der Waals surface area contributed by atoms with Crippen LogP contribution in [0.5, 0.6) is 0 Å². The SMILES string of the molecule is Cc1ccc2c(Cl)c(C(=O)Nc3sc4c(c3C(=O)OC(C)C)CCCCC4)sc2c1. The van der Waals surface area contributed by atoms with Gasteiger partial charge in [0, 0.05) is 15.0 Å². The first kappa shape index (κ1) is 21.3. The Morgan fingerprint density at radius 1 is 1.13 bits per heavy atom. The third-order valence-electron chi connectivity index (χ3n) is 5.19. The first-order chi connectivity index (χ1) is 14.3. The van der Waals surface area contributed by atoms with Gasteiger partial charge in [0.05, 0.1) is 16.7 Å². The van der Waals surface area contributed by atoms with E-state index in [1.54, 1.807) is 0 Å². The highest BCUT2D eigenvalue weighted by Gasteiger charge is 2.28. The maximum atomic E-state index is 13.1. The summed E-state index contributed by atoms with van der Waals surface area (Å²) in [5, 5.41) is 4.88. The van der Waals surface area contributed by atoms with Crippen LogP contribution >= 0.6 is 34.3 Å². The monoisotopic (exact) mass is 461 g/mol. The lowest BCUT2D eigenvalue weighted by molar-refractivity contribution is 0.0378. The topological polar surface area (TPSA) is 55.4 Å². The number of anilines is 1. The molecular formula is C23H24ClNO3S2. The molecule has 1 aromatic carbocycles. The fourth-order valence-electron chi connectivity index (χ4n) is 3.80. The van der Waals surface area contributed by atoms with Crippen molar-refractivity contribution in [2.45, 2.75) is 59.0 Å². The van der Waals surface area contributed by atoms with Gasteiger partial charge in [0.1, 0.15) is 9.88 Å². The molecule has 7 heteroatoms. The molecule has 0 fully saturated rings. The number of amides is 1. The molecule has 4 nitrogen and oxygen atoms in total. The molecule has 4 rings (SSSR count). The number of benzene rings is 1. The van der Waals surface area contributed by atoms with Crippen LogP contribution in [0.4, 0.5) is 5.00 Å². The molecule has 158 valence electrons. The van der Waals surface area contributed by atoms with Gasteiger partial charge in [-0.1, -0.05) is 30.2 Å². The van der Waals surface area contributed by atoms with Crippen molar-refractivity contribution in [3.8, 4) is 0 Å². The summed E-state index contributed by atoms with van der Waals surface area (Å²) >= 11 is 9.40. The molecule has 0 bridgehead atoms. The third-order valence-corrected chi connectivity index (χ3v) is 8.05. The lowest BCUT2D eigenvalue weighted by Crippen LogP contribution is -2.17. The smallest absolute Gasteiger partial charge is 0.341 e. The first-order valence-electron chi connectivity index (χ1n) is 10.2. The summed E-state index contributed by atoms with van der Waals surface area (Å²) in [6, 6.07) is 5.96. The Morgan fingerprint density at radius 3 is 2.67 bits per heavy atom. The largest absolute Gasteiger partial charge is 0.459 e. The van der Waals surface area contributed by atoms with Gasteiger partial charge in [0.15, 0.2) is 0 Å². The highest BCUT2D eigenvalue weighted by molar-refractivity contribution is 7.22. The Balaban J connectivity index is 1.71. The normalized spacial score (nSPS) is 13.9. The van der Waals surface area contributed by atoms with E-state index in [1.807, 2.05) is 39.0 Å². The van der Waals surface area contributed by atoms with E-state index >= 15 is 0 Å². The van der Waals surface area contributed by atoms with Crippen LogP contribution in [-0.2, 0) is 17.6 Å². The molecule has 0 saturated heterocycles. The number of thiophene rings is 2. The highest BCUT2D eigenvalue weighted by Crippen LogP contribution is 2.40. The Kier molecular flexibility index (Phi) is 6.19. The van der Waals surface area contributed by atoms with Crippen LogP contribution in [0.1, 0.15) is 69.1 Å². The molecule has 3 aromatic rings. The zero-order chi connectivity index (χ0) is 21.4. The fraction of sp³-hybridized carbons (Fsp3) is 0.391. The molecule has 0 spiro atoms. The van der Waals surface area contributed by atoms with Gasteiger partial charge in [-0.05, 0) is 63.6 Å². The van der Waals surface area contributed by atoms with Gasteiger partial charge in [-0.2, -0.15) is 0 Å². The molecule has 1 aliphatic rings. The standard InChI is InChI=1S/C23H24ClNO3S2/c1-12(2)28-23(27)18-14-7-5-4-6-8-16(14)30-22(18)25-21(26)20-19(24)15-10-9-13(3)11-17(15)29-20/h9-12H,4-8H2,1-3H3,(H,25,26). The van der Waals surface area contributed by atoms with Gasteiger partial charge < -0.3 is 10.1 Å². The Hall–Kier alpha value is -1.89. The van der Waals surface area contributed by atoms with Gasteiger partial charge in [-0.25, -0.2) is 4.79 Å². The van der Waals surface area contributed by atoms with E-state index in [2.05, 4.69) is 5.32 Å². The number of hydrogen-bond acceptors (Lipinski definition) is 5. The maximum absolute atomic E-state index is 13.1. The number of carbonyl (C=O) groups excluding carboxylic acids is 2. The van der Waals surface area contributed by atoms with Crippen LogP contribution in [-0.4, -0.2) is 18.0 Å². The number of esters is 1. The second-order valence-corrected chi connectivity index (χ2v) is 10.5. The summed E-state index contributed by atoms with van der Waals surface area (Å²) < 4.78 is 6.49. The predicted molar refractivity (Wildman–Crippen MR) is 126 cm³/mol. The molecule has 2 heterocycles. The molecule has 1 aliphatic carbocycles. The van der Waals surface area contributed by atoms with E-state index in [1.165, 1.54) is 27.6 Å². The zero-order valence-corrected chi connectivity index (χ0v) is 19.7. The van der Waals surface area contributed by atoms with E-state index in [-0.39, 0.29) is 18.0 Å². The molecule has 0 saturated carbocycles. The number of carbonyl (C=O) groups is 2. The van der Waals surface area contributed by atoms with E-state index in [4.69, 9.17) is 16.3 Å². The summed E-state index contributed by atoms with van der Waals surface area (Å²) in [6.45, 7) is 5.68. The maximum Gasteiger partial charge on any atom is 0.341 e. The van der Waals surface area contributed by atoms with Crippen molar-refractivity contribution >= 4 is 61.2 Å². The average molecular weight is 462 g/mol.